The van der Waals surface area contributed by atoms with Gasteiger partial charge in [0.25, 0.3) is 0 Å². The Morgan fingerprint density at radius 2 is 0.763 bits per heavy atom. The molecule has 2 N–H and O–H groups in total. The van der Waals surface area contributed by atoms with Gasteiger partial charge in [-0.05, 0) is 92.8 Å². The van der Waals surface area contributed by atoms with E-state index in [2.05, 4.69) is 0 Å². The third-order valence-electron chi connectivity index (χ3n) is 5.71. The maximum absolute atomic E-state index is 10.8. The minimum atomic E-state index is 0.297. The van der Waals surface area contributed by atoms with Crippen LogP contribution >= 0.6 is 0 Å². The molecule has 0 amide bonds. The fraction of sp³-hybridized carbons (Fsp3) is 0.400. The summed E-state index contributed by atoms with van der Waals surface area (Å²) in [6.07, 6.45) is 0. The first-order valence-electron chi connectivity index (χ1n) is 12.7. The van der Waals surface area contributed by atoms with Crippen LogP contribution in [0.25, 0.3) is 0 Å². The lowest BCUT2D eigenvalue weighted by Crippen LogP contribution is -2.14. The van der Waals surface area contributed by atoms with Gasteiger partial charge in [0.05, 0.1) is 0 Å². The zero-order valence-corrected chi connectivity index (χ0v) is 23.9. The molecule has 0 heterocycles. The lowest BCUT2D eigenvalue weighted by molar-refractivity contribution is 0.364. The van der Waals surface area contributed by atoms with Crippen molar-refractivity contribution >= 4 is 0 Å². The number of rotatable bonds is 12. The van der Waals surface area contributed by atoms with Crippen molar-refractivity contribution in [3.8, 4) is 34.5 Å². The minimum Gasteiger partial charge on any atom is -0.507 e. The summed E-state index contributed by atoms with van der Waals surface area (Å²) >= 11 is 0. The van der Waals surface area contributed by atoms with E-state index < -0.39 is 0 Å². The average Bonchev–Trinajstić information content (AvgIpc) is 2.79. The molecule has 0 aliphatic carbocycles. The van der Waals surface area contributed by atoms with Crippen LogP contribution in [0, 0.1) is 0 Å². The molecular formula is C30H42N4O4. The monoisotopic (exact) mass is 522 g/mol. The fourth-order valence-electron chi connectivity index (χ4n) is 4.29. The van der Waals surface area contributed by atoms with Crippen molar-refractivity contribution in [3.05, 3.63) is 70.8 Å². The quantitative estimate of drug-likeness (QED) is 0.347. The predicted molar refractivity (Wildman–Crippen MR) is 152 cm³/mol. The van der Waals surface area contributed by atoms with E-state index in [1.807, 2.05) is 125 Å². The van der Waals surface area contributed by atoms with Gasteiger partial charge < -0.3 is 39.3 Å². The zero-order chi connectivity index (χ0) is 28.0. The maximum Gasteiger partial charge on any atom is 0.131 e. The Morgan fingerprint density at radius 1 is 0.474 bits per heavy atom. The number of phenolic OH excluding ortho intramolecular Hbond substituents is 2. The zero-order valence-electron chi connectivity index (χ0n) is 23.9. The highest BCUT2D eigenvalue weighted by Gasteiger charge is 2.15. The summed E-state index contributed by atoms with van der Waals surface area (Å²) in [4.78, 5) is 8.05. The van der Waals surface area contributed by atoms with Gasteiger partial charge in [-0.25, -0.2) is 0 Å². The molecule has 3 aromatic rings. The van der Waals surface area contributed by atoms with Crippen LogP contribution < -0.4 is 9.47 Å². The van der Waals surface area contributed by atoms with Gasteiger partial charge in [0.1, 0.15) is 34.5 Å². The summed E-state index contributed by atoms with van der Waals surface area (Å²) in [7, 11) is 15.8. The summed E-state index contributed by atoms with van der Waals surface area (Å²) < 4.78 is 12.5. The van der Waals surface area contributed by atoms with E-state index >= 15 is 0 Å². The molecule has 38 heavy (non-hydrogen) atoms. The Hall–Kier alpha value is -3.30. The largest absolute Gasteiger partial charge is 0.507 e. The van der Waals surface area contributed by atoms with E-state index in [0.29, 0.717) is 60.7 Å². The molecule has 0 unspecified atom stereocenters. The molecule has 0 fully saturated rings. The van der Waals surface area contributed by atoms with Gasteiger partial charge in [0, 0.05) is 54.5 Å². The number of aromatic hydroxyl groups is 2. The van der Waals surface area contributed by atoms with Crippen molar-refractivity contribution in [1.29, 1.82) is 0 Å². The Morgan fingerprint density at radius 3 is 1.03 bits per heavy atom. The third kappa shape index (κ3) is 8.36. The van der Waals surface area contributed by atoms with Gasteiger partial charge in [0.2, 0.25) is 0 Å². The minimum absolute atomic E-state index is 0.297. The number of nitrogens with zero attached hydrogens (tertiary/aromatic N) is 4. The Bertz CT molecular complexity index is 1070. The highest BCUT2D eigenvalue weighted by Crippen LogP contribution is 2.36. The van der Waals surface area contributed by atoms with Crippen LogP contribution in [0.1, 0.15) is 22.3 Å². The summed E-state index contributed by atoms with van der Waals surface area (Å²) in [6, 6.07) is 15.0. The van der Waals surface area contributed by atoms with Gasteiger partial charge in [-0.1, -0.05) is 6.07 Å². The normalized spacial score (nSPS) is 11.7. The topological polar surface area (TPSA) is 71.9 Å². The van der Waals surface area contributed by atoms with Crippen LogP contribution in [-0.2, 0) is 26.2 Å². The molecule has 0 bridgehead atoms. The van der Waals surface area contributed by atoms with Gasteiger partial charge in [-0.3, -0.25) is 0 Å². The van der Waals surface area contributed by atoms with Crippen molar-refractivity contribution in [1.82, 2.24) is 19.6 Å². The molecule has 0 saturated carbocycles. The molecule has 0 radical (unpaired) electrons. The second-order valence-electron chi connectivity index (χ2n) is 10.8. The smallest absolute Gasteiger partial charge is 0.131 e. The lowest BCUT2D eigenvalue weighted by atomic mass is 10.1. The second-order valence-corrected chi connectivity index (χ2v) is 10.8. The summed E-state index contributed by atoms with van der Waals surface area (Å²) in [5.41, 5.74) is 3.23. The van der Waals surface area contributed by atoms with Crippen LogP contribution in [0.3, 0.4) is 0 Å². The summed E-state index contributed by atoms with van der Waals surface area (Å²) in [5, 5.41) is 21.6. The van der Waals surface area contributed by atoms with E-state index in [1.54, 1.807) is 0 Å². The molecular weight excluding hydrogens is 480 g/mol. The first-order chi connectivity index (χ1) is 17.9. The molecule has 0 spiro atoms. The molecule has 0 aliphatic rings. The maximum atomic E-state index is 10.8. The van der Waals surface area contributed by atoms with Crippen LogP contribution in [0.4, 0.5) is 0 Å². The summed E-state index contributed by atoms with van der Waals surface area (Å²) in [5.74, 6) is 3.15. The molecule has 8 nitrogen and oxygen atoms in total. The number of hydrogen-bond donors (Lipinski definition) is 2. The Labute approximate surface area is 227 Å². The van der Waals surface area contributed by atoms with Crippen molar-refractivity contribution in [2.75, 3.05) is 56.4 Å². The first kappa shape index (κ1) is 29.3. The number of hydrogen-bond acceptors (Lipinski definition) is 8. The van der Waals surface area contributed by atoms with E-state index in [-0.39, 0.29) is 0 Å². The van der Waals surface area contributed by atoms with Crippen LogP contribution in [0.2, 0.25) is 0 Å². The lowest BCUT2D eigenvalue weighted by Gasteiger charge is -2.19. The van der Waals surface area contributed by atoms with Crippen LogP contribution in [0.5, 0.6) is 34.5 Å². The molecule has 3 rings (SSSR count). The molecule has 0 atom stereocenters. The van der Waals surface area contributed by atoms with Crippen molar-refractivity contribution < 1.29 is 19.7 Å². The SMILES string of the molecule is CN(C)Cc1cc(Oc2cccc(Oc3cc(CN(C)C)c(O)c(CN(C)C)c3)c2)cc(CN(C)C)c1O. The highest BCUT2D eigenvalue weighted by molar-refractivity contribution is 5.50. The van der Waals surface area contributed by atoms with E-state index in [9.17, 15) is 10.2 Å². The molecule has 8 heteroatoms. The van der Waals surface area contributed by atoms with Crippen molar-refractivity contribution in [2.24, 2.45) is 0 Å². The fourth-order valence-corrected chi connectivity index (χ4v) is 4.29. The van der Waals surface area contributed by atoms with Crippen molar-refractivity contribution in [3.63, 3.8) is 0 Å². The highest BCUT2D eigenvalue weighted by atomic mass is 16.5. The number of phenols is 2. The second kappa shape index (κ2) is 13.0. The molecule has 0 aliphatic heterocycles. The number of benzene rings is 3. The van der Waals surface area contributed by atoms with Gasteiger partial charge >= 0.3 is 0 Å². The Kier molecular flexibility index (Phi) is 9.99. The van der Waals surface area contributed by atoms with E-state index in [4.69, 9.17) is 9.47 Å². The predicted octanol–water partition coefficient (Wildman–Crippen LogP) is 4.93. The van der Waals surface area contributed by atoms with Gasteiger partial charge in [-0.15, -0.1) is 0 Å². The first-order valence-corrected chi connectivity index (χ1v) is 12.7. The molecule has 3 aromatic carbocycles. The van der Waals surface area contributed by atoms with E-state index in [0.717, 1.165) is 22.3 Å². The Balaban J connectivity index is 1.90. The molecule has 206 valence electrons. The summed E-state index contributed by atoms with van der Waals surface area (Å²) in [6.45, 7) is 2.38. The standard InChI is InChI=1S/C30H42N4O4/c1-31(2)17-21-12-27(13-22(29(21)35)18-32(3)4)37-25-10-9-11-26(16-25)38-28-14-23(19-33(5)6)30(36)24(15-28)20-34(7)8/h9-16,35-36H,17-20H2,1-8H3. The van der Waals surface area contributed by atoms with Gasteiger partial charge in [0.15, 0.2) is 0 Å². The van der Waals surface area contributed by atoms with Gasteiger partial charge in [-0.2, -0.15) is 0 Å². The molecule has 0 saturated heterocycles. The number of ether oxygens (including phenoxy) is 2. The van der Waals surface area contributed by atoms with Crippen LogP contribution in [0.15, 0.2) is 48.5 Å². The third-order valence-corrected chi connectivity index (χ3v) is 5.71. The van der Waals surface area contributed by atoms with E-state index in [1.165, 1.54) is 0 Å². The van der Waals surface area contributed by atoms with Crippen molar-refractivity contribution in [2.45, 2.75) is 26.2 Å². The molecule has 0 aromatic heterocycles. The average molecular weight is 523 g/mol. The van der Waals surface area contributed by atoms with Crippen LogP contribution in [-0.4, -0.2) is 86.2 Å².